The molecule has 22 aromatic rings. The van der Waals surface area contributed by atoms with Crippen molar-refractivity contribution in [3.63, 3.8) is 0 Å². The van der Waals surface area contributed by atoms with Crippen LogP contribution in [0.4, 0.5) is 0 Å². The van der Waals surface area contributed by atoms with Crippen molar-refractivity contribution in [2.24, 2.45) is 0 Å². The van der Waals surface area contributed by atoms with E-state index in [1.807, 2.05) is 0 Å². The largest absolute Gasteiger partial charge is 0.0654 e. The average molecular weight is 1450 g/mol. The van der Waals surface area contributed by atoms with Crippen LogP contribution in [0, 0.1) is 72.8 Å². The molecule has 0 spiro atoms. The molecule has 0 heterocycles. The Labute approximate surface area is 668 Å². The summed E-state index contributed by atoms with van der Waals surface area (Å²) in [5, 5.41) is 25.6. The van der Waals surface area contributed by atoms with E-state index in [4.69, 9.17) is 0 Å². The van der Waals surface area contributed by atoms with E-state index in [1.165, 1.54) is 161 Å². The normalized spacial score (nSPS) is 10.7. The van der Waals surface area contributed by atoms with Gasteiger partial charge in [0.1, 0.15) is 0 Å². The molecule has 0 fully saturated rings. The zero-order valence-electron chi connectivity index (χ0n) is 66.2. The van der Waals surface area contributed by atoms with Crippen LogP contribution in [0.25, 0.3) is 129 Å². The average Bonchev–Trinajstić information content (AvgIpc) is 0.840. The van der Waals surface area contributed by atoms with Crippen LogP contribution in [0.5, 0.6) is 0 Å². The molecule has 0 saturated carbocycles. The van der Waals surface area contributed by atoms with Crippen molar-refractivity contribution in [1.29, 1.82) is 0 Å². The van der Waals surface area contributed by atoms with Gasteiger partial charge in [0, 0.05) is 64.6 Å². The minimum atomic E-state index is 0.967. The van der Waals surface area contributed by atoms with E-state index in [1.54, 1.807) is 0 Å². The van der Waals surface area contributed by atoms with Crippen LogP contribution in [0.15, 0.2) is 273 Å². The Kier molecular flexibility index (Phi) is 29.1. The molecule has 0 aliphatic heterocycles. The van der Waals surface area contributed by atoms with E-state index in [-0.39, 0.29) is 0 Å². The number of rotatable bonds is 25. The third-order valence-electron chi connectivity index (χ3n) is 21.4. The van der Waals surface area contributed by atoms with Gasteiger partial charge in [-0.1, -0.05) is 343 Å². The van der Waals surface area contributed by atoms with Crippen molar-refractivity contribution in [2.75, 3.05) is 0 Å². The number of hydrogen-bond acceptors (Lipinski definition) is 0. The first-order chi connectivity index (χ1) is 55.3. The Morgan fingerprint density at radius 3 is 0.571 bits per heavy atom. The molecular weight excluding hydrogens is 1350 g/mol. The second kappa shape index (κ2) is 41.7. The Morgan fingerprint density at radius 1 is 0.143 bits per heavy atom. The van der Waals surface area contributed by atoms with Gasteiger partial charge in [-0.3, -0.25) is 0 Å². The van der Waals surface area contributed by atoms with Gasteiger partial charge in [-0.05, 0) is 265 Å². The second-order valence-corrected chi connectivity index (χ2v) is 30.4. The fourth-order valence-corrected chi connectivity index (χ4v) is 14.9. The highest BCUT2D eigenvalue weighted by atomic mass is 14.1. The summed E-state index contributed by atoms with van der Waals surface area (Å²) in [5.74, 6) is 0. The van der Waals surface area contributed by atoms with Gasteiger partial charge in [-0.2, -0.15) is 0 Å². The summed E-state index contributed by atoms with van der Waals surface area (Å²) in [6.07, 6.45) is 31.7. The van der Waals surface area contributed by atoms with Crippen LogP contribution in [-0.4, -0.2) is 0 Å². The Morgan fingerprint density at radius 2 is 0.330 bits per heavy atom. The molecule has 0 nitrogen and oxygen atoms in total. The maximum atomic E-state index is 3.60. The fourth-order valence-electron chi connectivity index (χ4n) is 14.9. The van der Waals surface area contributed by atoms with Crippen LogP contribution in [0.2, 0.25) is 0 Å². The summed E-state index contributed by atoms with van der Waals surface area (Å²) in [6.45, 7) is 6.84. The highest BCUT2D eigenvalue weighted by Gasteiger charge is 2.04. The summed E-state index contributed by atoms with van der Waals surface area (Å²) < 4.78 is 0. The highest BCUT2D eigenvalue weighted by molar-refractivity contribution is 5.92. The van der Waals surface area contributed by atoms with Gasteiger partial charge in [0.2, 0.25) is 0 Å². The van der Waals surface area contributed by atoms with Crippen LogP contribution in [-0.2, 0) is 19.3 Å². The van der Waals surface area contributed by atoms with Gasteiger partial charge in [0.25, 0.3) is 0 Å². The van der Waals surface area contributed by atoms with Crippen molar-refractivity contribution < 1.29 is 0 Å². The third kappa shape index (κ3) is 24.0. The van der Waals surface area contributed by atoms with E-state index in [0.29, 0.717) is 0 Å². The predicted octanol–water partition coefficient (Wildman–Crippen LogP) is 31.8. The number of unbranched alkanes of at least 4 members (excludes halogenated alkanes) is 19. The molecule has 0 amide bonds. The molecule has 0 atom stereocenters. The lowest BCUT2D eigenvalue weighted by atomic mass is 10.0. The Bertz CT molecular complexity index is 5760. The Balaban J connectivity index is 0.840. The summed E-state index contributed by atoms with van der Waals surface area (Å²) in [7, 11) is 0. The standard InChI is InChI=1S/C112H104/c1-4-7-10-13-14-15-16-17-18-19-20-21-22-25-31-97-76-100-49-43-91-54-66-103(67-55-91)109-37-27-33-93(78-109)45-39-87-58-70-105(71-59-87)111-81-95(29-23-11-8-5-2)74-98(83-111)47-41-89-50-62-101(63-51-89)107-35-26-32-92(77-107)44-38-86-56-68-104(69-57-86)110-80-96(30-24-12-9-6-3)75-99(84-110)48-42-90-52-64-102(65-53-90)108-36-28-34-94(79-108)46-40-88-60-72-106(73-61-88)112(82-97)85-100/h26-28,32-37,50-85H,4-25,29-31H2,1-3H3. The van der Waals surface area contributed by atoms with Crippen molar-refractivity contribution in [1.82, 2.24) is 0 Å². The lowest BCUT2D eigenvalue weighted by Crippen LogP contribution is -1.87. The van der Waals surface area contributed by atoms with Crippen LogP contribution >= 0.6 is 0 Å². The maximum Gasteiger partial charge on any atom is 0.0257 e. The van der Waals surface area contributed by atoms with Crippen LogP contribution in [0.1, 0.15) is 179 Å². The van der Waals surface area contributed by atoms with Crippen molar-refractivity contribution in [3.05, 3.63) is 362 Å². The first-order valence-corrected chi connectivity index (χ1v) is 41.8. The number of aryl methyl sites for hydroxylation is 3. The van der Waals surface area contributed by atoms with Crippen LogP contribution in [0.3, 0.4) is 0 Å². The molecule has 22 aromatic carbocycles. The first kappa shape index (κ1) is 78.1. The number of hydrogen-bond donors (Lipinski definition) is 0. The molecule has 0 saturated heterocycles. The molecule has 0 aliphatic carbocycles. The molecule has 0 aromatic heterocycles. The summed E-state index contributed by atoms with van der Waals surface area (Å²) in [6, 6.07) is 140. The smallest absolute Gasteiger partial charge is 0.0257 e. The van der Waals surface area contributed by atoms with E-state index < -0.39 is 0 Å². The second-order valence-electron chi connectivity index (χ2n) is 30.4. The van der Waals surface area contributed by atoms with E-state index in [2.05, 4.69) is 367 Å². The van der Waals surface area contributed by atoms with Crippen LogP contribution < -0.4 is 0 Å². The van der Waals surface area contributed by atoms with Gasteiger partial charge in [-0.25, -0.2) is 0 Å². The lowest BCUT2D eigenvalue weighted by Gasteiger charge is -2.05. The molecular formula is C112H104. The van der Waals surface area contributed by atoms with Gasteiger partial charge >= 0.3 is 0 Å². The molecule has 112 heavy (non-hydrogen) atoms. The minimum Gasteiger partial charge on any atom is -0.0654 e. The predicted molar refractivity (Wildman–Crippen MR) is 484 cm³/mol. The molecule has 552 valence electrons. The zero-order valence-corrected chi connectivity index (χ0v) is 66.2. The van der Waals surface area contributed by atoms with E-state index in [0.717, 1.165) is 145 Å². The number of benzene rings is 12. The fraction of sp³-hybridized carbons (Fsp3) is 0.250. The van der Waals surface area contributed by atoms with Crippen molar-refractivity contribution >= 4 is 129 Å². The molecule has 0 N–H and O–H groups in total. The summed E-state index contributed by atoms with van der Waals surface area (Å²) in [5.41, 5.74) is 3.97. The van der Waals surface area contributed by atoms with Gasteiger partial charge < -0.3 is 0 Å². The SMILES string of the molecule is CCCCCCCCCCCCCCCCc1cc2c#cc3ccc(cc3)c3cccc(c#cc4ccc(cc4)c4cc(CCCCCC)cc(c#cc5ccc(cc5)c5cccc(c#cc6ccc(cc6)c6cc(CCCCCC)cc(c#cc7ccc(cc7)c7cccc(c#cc8ccc(cc8)c(c1)c2)c7)c6)c5)c4)c3. The highest BCUT2D eigenvalue weighted by Crippen LogP contribution is 2.26. The monoisotopic (exact) mass is 1450 g/mol. The molecule has 22 rings (SSSR count). The first-order valence-electron chi connectivity index (χ1n) is 41.8. The summed E-state index contributed by atoms with van der Waals surface area (Å²) in [4.78, 5) is 0. The summed E-state index contributed by atoms with van der Waals surface area (Å²) >= 11 is 0. The molecule has 0 radical (unpaired) electrons. The third-order valence-corrected chi connectivity index (χ3v) is 21.4. The van der Waals surface area contributed by atoms with E-state index in [9.17, 15) is 0 Å². The maximum absolute atomic E-state index is 3.60. The van der Waals surface area contributed by atoms with E-state index >= 15 is 0 Å². The van der Waals surface area contributed by atoms with Gasteiger partial charge in [0.05, 0.1) is 0 Å². The molecule has 0 heteroatoms. The molecule has 0 aliphatic rings. The minimum absolute atomic E-state index is 0.967. The quantitative estimate of drug-likeness (QED) is 0.0500. The topological polar surface area (TPSA) is 0 Å². The molecule has 24 bridgehead atoms. The van der Waals surface area contributed by atoms with Crippen molar-refractivity contribution in [2.45, 2.75) is 181 Å². The zero-order chi connectivity index (χ0) is 76.6. The lowest BCUT2D eigenvalue weighted by molar-refractivity contribution is 0.535. The van der Waals surface area contributed by atoms with Gasteiger partial charge in [0.15, 0.2) is 0 Å². The van der Waals surface area contributed by atoms with Crippen molar-refractivity contribution in [3.8, 4) is 0 Å². The van der Waals surface area contributed by atoms with Gasteiger partial charge in [-0.15, -0.1) is 0 Å². The molecule has 0 unspecified atom stereocenters. The Hall–Kier alpha value is -12.0.